The van der Waals surface area contributed by atoms with Gasteiger partial charge in [-0.15, -0.1) is 0 Å². The normalized spacial score (nSPS) is 18.1. The summed E-state index contributed by atoms with van der Waals surface area (Å²) in [6.07, 6.45) is 6.35. The molecule has 6 nitrogen and oxygen atoms in total. The van der Waals surface area contributed by atoms with Crippen molar-refractivity contribution >= 4 is 5.82 Å². The van der Waals surface area contributed by atoms with Gasteiger partial charge >= 0.3 is 0 Å². The predicted molar refractivity (Wildman–Crippen MR) is 98.7 cm³/mol. The molecule has 0 amide bonds. The van der Waals surface area contributed by atoms with E-state index in [1.165, 1.54) is 12.0 Å². The highest BCUT2D eigenvalue weighted by Gasteiger charge is 2.26. The van der Waals surface area contributed by atoms with E-state index in [0.717, 1.165) is 36.8 Å². The zero-order valence-corrected chi connectivity index (χ0v) is 16.0. The van der Waals surface area contributed by atoms with Gasteiger partial charge in [-0.2, -0.15) is 5.10 Å². The van der Waals surface area contributed by atoms with Crippen molar-refractivity contribution in [1.29, 1.82) is 0 Å². The largest absolute Gasteiger partial charge is 0.378 e. The Kier molecular flexibility index (Phi) is 5.08. The standard InChI is InChI=1S/C19H29N5O/c1-19(2,3)18-21-16(13-25-5)9-17(22-18)24-7-6-14(12-24)8-15-10-20-23(4)11-15/h9-11,14H,6-8,12-13H2,1-5H3/t14-/m0/s1. The van der Waals surface area contributed by atoms with Gasteiger partial charge in [0, 0.05) is 44.9 Å². The van der Waals surface area contributed by atoms with Gasteiger partial charge in [-0.1, -0.05) is 20.8 Å². The Bertz CT molecular complexity index is 719. The van der Waals surface area contributed by atoms with Gasteiger partial charge in [0.1, 0.15) is 11.6 Å². The Balaban J connectivity index is 1.76. The summed E-state index contributed by atoms with van der Waals surface area (Å²) in [5.74, 6) is 2.55. The zero-order chi connectivity index (χ0) is 18.0. The van der Waals surface area contributed by atoms with Crippen LogP contribution in [0.15, 0.2) is 18.5 Å². The monoisotopic (exact) mass is 343 g/mol. The Morgan fingerprint density at radius 3 is 2.72 bits per heavy atom. The van der Waals surface area contributed by atoms with E-state index in [0.29, 0.717) is 12.5 Å². The van der Waals surface area contributed by atoms with E-state index in [1.54, 1.807) is 7.11 Å². The molecular formula is C19H29N5O. The first kappa shape index (κ1) is 17.9. The van der Waals surface area contributed by atoms with E-state index in [1.807, 2.05) is 17.9 Å². The maximum Gasteiger partial charge on any atom is 0.136 e. The third kappa shape index (κ3) is 4.37. The fourth-order valence-corrected chi connectivity index (χ4v) is 3.32. The van der Waals surface area contributed by atoms with E-state index < -0.39 is 0 Å². The summed E-state index contributed by atoms with van der Waals surface area (Å²) in [6, 6.07) is 2.07. The molecule has 0 N–H and O–H groups in total. The van der Waals surface area contributed by atoms with Crippen molar-refractivity contribution in [2.75, 3.05) is 25.1 Å². The molecule has 1 saturated heterocycles. The van der Waals surface area contributed by atoms with Gasteiger partial charge < -0.3 is 9.64 Å². The molecular weight excluding hydrogens is 314 g/mol. The minimum absolute atomic E-state index is 0.0761. The lowest BCUT2D eigenvalue weighted by molar-refractivity contribution is 0.181. The molecule has 25 heavy (non-hydrogen) atoms. The van der Waals surface area contributed by atoms with E-state index in [9.17, 15) is 0 Å². The number of rotatable bonds is 5. The molecule has 1 aliphatic rings. The zero-order valence-electron chi connectivity index (χ0n) is 16.0. The molecule has 0 bridgehead atoms. The van der Waals surface area contributed by atoms with Crippen LogP contribution in [0.2, 0.25) is 0 Å². The van der Waals surface area contributed by atoms with Crippen LogP contribution >= 0.6 is 0 Å². The molecule has 2 aromatic rings. The average Bonchev–Trinajstić information content (AvgIpc) is 3.16. The molecule has 6 heteroatoms. The van der Waals surface area contributed by atoms with Gasteiger partial charge in [-0.05, 0) is 24.3 Å². The van der Waals surface area contributed by atoms with Crippen LogP contribution in [0.1, 0.15) is 44.3 Å². The van der Waals surface area contributed by atoms with Crippen molar-refractivity contribution in [2.24, 2.45) is 13.0 Å². The van der Waals surface area contributed by atoms with Crippen LogP contribution in [0.3, 0.4) is 0 Å². The molecule has 3 rings (SSSR count). The minimum Gasteiger partial charge on any atom is -0.378 e. The average molecular weight is 343 g/mol. The lowest BCUT2D eigenvalue weighted by Crippen LogP contribution is -2.25. The van der Waals surface area contributed by atoms with Crippen molar-refractivity contribution in [3.05, 3.63) is 35.5 Å². The van der Waals surface area contributed by atoms with Gasteiger partial charge in [0.2, 0.25) is 0 Å². The molecule has 1 atom stereocenters. The van der Waals surface area contributed by atoms with E-state index >= 15 is 0 Å². The number of aryl methyl sites for hydroxylation is 1. The summed E-state index contributed by atoms with van der Waals surface area (Å²) in [5, 5.41) is 4.28. The molecule has 0 spiro atoms. The first-order valence-electron chi connectivity index (χ1n) is 8.95. The van der Waals surface area contributed by atoms with Gasteiger partial charge in [-0.3, -0.25) is 4.68 Å². The molecule has 0 radical (unpaired) electrons. The minimum atomic E-state index is -0.0761. The summed E-state index contributed by atoms with van der Waals surface area (Å²) in [4.78, 5) is 11.9. The van der Waals surface area contributed by atoms with Crippen molar-refractivity contribution in [3.63, 3.8) is 0 Å². The highest BCUT2D eigenvalue weighted by Crippen LogP contribution is 2.28. The summed E-state index contributed by atoms with van der Waals surface area (Å²) >= 11 is 0. The third-order valence-corrected chi connectivity index (χ3v) is 4.62. The summed E-state index contributed by atoms with van der Waals surface area (Å²) in [6.45, 7) is 9.04. The van der Waals surface area contributed by atoms with Gasteiger partial charge in [-0.25, -0.2) is 9.97 Å². The van der Waals surface area contributed by atoms with Crippen LogP contribution in [0.4, 0.5) is 5.82 Å². The molecule has 1 fully saturated rings. The predicted octanol–water partition coefficient (Wildman–Crippen LogP) is 2.72. The first-order chi connectivity index (χ1) is 11.8. The van der Waals surface area contributed by atoms with Crippen LogP contribution in [-0.4, -0.2) is 39.9 Å². The Morgan fingerprint density at radius 2 is 2.08 bits per heavy atom. The van der Waals surface area contributed by atoms with Crippen molar-refractivity contribution in [1.82, 2.24) is 19.7 Å². The third-order valence-electron chi connectivity index (χ3n) is 4.62. The van der Waals surface area contributed by atoms with Crippen LogP contribution in [0.25, 0.3) is 0 Å². The lowest BCUT2D eigenvalue weighted by atomic mass is 9.95. The number of hydrogen-bond donors (Lipinski definition) is 0. The van der Waals surface area contributed by atoms with Crippen molar-refractivity contribution < 1.29 is 4.74 Å². The van der Waals surface area contributed by atoms with Gasteiger partial charge in [0.15, 0.2) is 0 Å². The number of nitrogens with zero attached hydrogens (tertiary/aromatic N) is 5. The number of ether oxygens (including phenoxy) is 1. The molecule has 0 aromatic carbocycles. The molecule has 1 aliphatic heterocycles. The number of anilines is 1. The number of hydrogen-bond acceptors (Lipinski definition) is 5. The molecule has 0 aliphatic carbocycles. The lowest BCUT2D eigenvalue weighted by Gasteiger charge is -2.23. The highest BCUT2D eigenvalue weighted by molar-refractivity contribution is 5.42. The Hall–Kier alpha value is -1.95. The number of aromatic nitrogens is 4. The second-order valence-electron chi connectivity index (χ2n) is 8.05. The fourth-order valence-electron chi connectivity index (χ4n) is 3.32. The topological polar surface area (TPSA) is 56.1 Å². The molecule has 136 valence electrons. The number of methoxy groups -OCH3 is 1. The van der Waals surface area contributed by atoms with E-state index in [2.05, 4.69) is 48.0 Å². The molecule has 2 aromatic heterocycles. The Morgan fingerprint density at radius 1 is 1.28 bits per heavy atom. The van der Waals surface area contributed by atoms with Crippen LogP contribution in [0, 0.1) is 5.92 Å². The SMILES string of the molecule is COCc1cc(N2CC[C@@H](Cc3cnn(C)c3)C2)nc(C(C)(C)C)n1. The van der Waals surface area contributed by atoms with E-state index in [4.69, 9.17) is 9.72 Å². The summed E-state index contributed by atoms with van der Waals surface area (Å²) in [7, 11) is 3.68. The Labute approximate surface area is 150 Å². The quantitative estimate of drug-likeness (QED) is 0.835. The molecule has 0 saturated carbocycles. The molecule has 0 unspecified atom stereocenters. The maximum atomic E-state index is 5.30. The van der Waals surface area contributed by atoms with E-state index in [-0.39, 0.29) is 5.41 Å². The first-order valence-corrected chi connectivity index (χ1v) is 8.95. The van der Waals surface area contributed by atoms with Crippen LogP contribution < -0.4 is 4.90 Å². The van der Waals surface area contributed by atoms with Gasteiger partial charge in [0.05, 0.1) is 18.5 Å². The second-order valence-corrected chi connectivity index (χ2v) is 8.05. The fraction of sp³-hybridized carbons (Fsp3) is 0.632. The highest BCUT2D eigenvalue weighted by atomic mass is 16.5. The van der Waals surface area contributed by atoms with Crippen molar-refractivity contribution in [2.45, 2.75) is 45.6 Å². The second kappa shape index (κ2) is 7.12. The van der Waals surface area contributed by atoms with Crippen LogP contribution in [0.5, 0.6) is 0 Å². The molecule has 3 heterocycles. The summed E-state index contributed by atoms with van der Waals surface area (Å²) in [5.41, 5.74) is 2.19. The van der Waals surface area contributed by atoms with Crippen LogP contribution in [-0.2, 0) is 30.2 Å². The van der Waals surface area contributed by atoms with Gasteiger partial charge in [0.25, 0.3) is 0 Å². The smallest absolute Gasteiger partial charge is 0.136 e. The summed E-state index contributed by atoms with van der Waals surface area (Å²) < 4.78 is 7.17. The maximum absolute atomic E-state index is 5.30. The van der Waals surface area contributed by atoms with Crippen molar-refractivity contribution in [3.8, 4) is 0 Å².